The quantitative estimate of drug-likeness (QED) is 0.892. The lowest BCUT2D eigenvalue weighted by Gasteiger charge is -2.33. The minimum absolute atomic E-state index is 0.183. The zero-order valence-electron chi connectivity index (χ0n) is 14.8. The Bertz CT molecular complexity index is 862. The molecule has 1 aromatic heterocycles. The van der Waals surface area contributed by atoms with Crippen molar-refractivity contribution in [2.24, 2.45) is 0 Å². The molecule has 1 atom stereocenters. The van der Waals surface area contributed by atoms with E-state index in [1.807, 2.05) is 4.90 Å². The SMILES string of the molecule is O=C(N[C@H]1CCCN(c2ncc3c(n2)CCOC3)C1)c1cc(F)ccc1F. The van der Waals surface area contributed by atoms with Gasteiger partial charge in [0, 0.05) is 37.3 Å². The Morgan fingerprint density at radius 1 is 1.33 bits per heavy atom. The monoisotopic (exact) mass is 374 g/mol. The molecule has 0 saturated carbocycles. The number of fused-ring (bicyclic) bond motifs is 1. The van der Waals surface area contributed by atoms with Crippen LogP contribution < -0.4 is 10.2 Å². The van der Waals surface area contributed by atoms with E-state index in [9.17, 15) is 13.6 Å². The summed E-state index contributed by atoms with van der Waals surface area (Å²) in [6.45, 7) is 2.50. The van der Waals surface area contributed by atoms with E-state index in [-0.39, 0.29) is 11.6 Å². The van der Waals surface area contributed by atoms with Crippen molar-refractivity contribution in [1.29, 1.82) is 0 Å². The molecule has 0 aliphatic carbocycles. The molecule has 1 fully saturated rings. The van der Waals surface area contributed by atoms with Crippen molar-refractivity contribution in [3.8, 4) is 0 Å². The molecule has 1 aromatic carbocycles. The van der Waals surface area contributed by atoms with Crippen LogP contribution in [-0.2, 0) is 17.8 Å². The lowest BCUT2D eigenvalue weighted by molar-refractivity contribution is 0.0928. The van der Waals surface area contributed by atoms with Crippen molar-refractivity contribution < 1.29 is 18.3 Å². The maximum atomic E-state index is 13.8. The molecule has 1 saturated heterocycles. The van der Waals surface area contributed by atoms with E-state index in [0.717, 1.165) is 55.3 Å². The summed E-state index contributed by atoms with van der Waals surface area (Å²) in [7, 11) is 0. The highest BCUT2D eigenvalue weighted by atomic mass is 19.1. The lowest BCUT2D eigenvalue weighted by atomic mass is 10.0. The first-order valence-electron chi connectivity index (χ1n) is 9.03. The summed E-state index contributed by atoms with van der Waals surface area (Å²) in [6, 6.07) is 2.69. The molecule has 1 amide bonds. The predicted molar refractivity (Wildman–Crippen MR) is 94.5 cm³/mol. The van der Waals surface area contributed by atoms with Crippen molar-refractivity contribution in [3.05, 3.63) is 52.9 Å². The predicted octanol–water partition coefficient (Wildman–Crippen LogP) is 2.23. The van der Waals surface area contributed by atoms with Gasteiger partial charge >= 0.3 is 0 Å². The molecule has 0 unspecified atom stereocenters. The second-order valence-electron chi connectivity index (χ2n) is 6.83. The Kier molecular flexibility index (Phi) is 4.98. The highest BCUT2D eigenvalue weighted by molar-refractivity contribution is 5.94. The zero-order chi connectivity index (χ0) is 18.8. The number of carbonyl (C=O) groups is 1. The number of anilines is 1. The van der Waals surface area contributed by atoms with Crippen LogP contribution in [0.4, 0.5) is 14.7 Å². The van der Waals surface area contributed by atoms with Crippen LogP contribution in [0.3, 0.4) is 0 Å². The second-order valence-corrected chi connectivity index (χ2v) is 6.83. The Balaban J connectivity index is 1.45. The van der Waals surface area contributed by atoms with Gasteiger partial charge in [0.25, 0.3) is 5.91 Å². The smallest absolute Gasteiger partial charge is 0.254 e. The number of benzene rings is 1. The molecular formula is C19H20F2N4O2. The maximum absolute atomic E-state index is 13.8. The van der Waals surface area contributed by atoms with Gasteiger partial charge in [0.05, 0.1) is 24.5 Å². The fourth-order valence-electron chi connectivity index (χ4n) is 3.48. The van der Waals surface area contributed by atoms with Gasteiger partial charge in [0.2, 0.25) is 5.95 Å². The van der Waals surface area contributed by atoms with Crippen LogP contribution in [0.2, 0.25) is 0 Å². The molecule has 2 aromatic rings. The third-order valence-corrected chi connectivity index (χ3v) is 4.89. The Morgan fingerprint density at radius 3 is 3.11 bits per heavy atom. The van der Waals surface area contributed by atoms with Crippen molar-refractivity contribution in [1.82, 2.24) is 15.3 Å². The summed E-state index contributed by atoms with van der Waals surface area (Å²) < 4.78 is 32.5. The van der Waals surface area contributed by atoms with E-state index in [0.29, 0.717) is 25.7 Å². The summed E-state index contributed by atoms with van der Waals surface area (Å²) in [4.78, 5) is 23.4. The Labute approximate surface area is 155 Å². The maximum Gasteiger partial charge on any atom is 0.254 e. The molecule has 142 valence electrons. The van der Waals surface area contributed by atoms with Crippen LogP contribution >= 0.6 is 0 Å². The number of nitrogens with zero attached hydrogens (tertiary/aromatic N) is 3. The van der Waals surface area contributed by atoms with Crippen molar-refractivity contribution in [2.45, 2.75) is 31.9 Å². The van der Waals surface area contributed by atoms with Crippen molar-refractivity contribution >= 4 is 11.9 Å². The van der Waals surface area contributed by atoms with Gasteiger partial charge in [-0.15, -0.1) is 0 Å². The molecule has 0 radical (unpaired) electrons. The minimum Gasteiger partial charge on any atom is -0.376 e. The third kappa shape index (κ3) is 3.90. The summed E-state index contributed by atoms with van der Waals surface area (Å²) in [6.07, 6.45) is 4.16. The van der Waals surface area contributed by atoms with Gasteiger partial charge in [-0.1, -0.05) is 0 Å². The normalized spacial score (nSPS) is 19.5. The Morgan fingerprint density at radius 2 is 2.22 bits per heavy atom. The fraction of sp³-hybridized carbons (Fsp3) is 0.421. The summed E-state index contributed by atoms with van der Waals surface area (Å²) in [5, 5.41) is 2.80. The topological polar surface area (TPSA) is 67.4 Å². The van der Waals surface area contributed by atoms with E-state index in [2.05, 4.69) is 15.3 Å². The van der Waals surface area contributed by atoms with E-state index in [1.54, 1.807) is 6.20 Å². The van der Waals surface area contributed by atoms with E-state index in [1.165, 1.54) is 0 Å². The molecule has 27 heavy (non-hydrogen) atoms. The minimum atomic E-state index is -0.734. The first-order valence-corrected chi connectivity index (χ1v) is 9.03. The average Bonchev–Trinajstić information content (AvgIpc) is 2.69. The molecule has 3 heterocycles. The molecular weight excluding hydrogens is 354 g/mol. The number of amides is 1. The number of rotatable bonds is 3. The van der Waals surface area contributed by atoms with E-state index >= 15 is 0 Å². The second kappa shape index (κ2) is 7.56. The van der Waals surface area contributed by atoms with Crippen molar-refractivity contribution in [2.75, 3.05) is 24.6 Å². The lowest BCUT2D eigenvalue weighted by Crippen LogP contribution is -2.48. The highest BCUT2D eigenvalue weighted by Gasteiger charge is 2.25. The number of aromatic nitrogens is 2. The average molecular weight is 374 g/mol. The molecule has 8 heteroatoms. The van der Waals surface area contributed by atoms with Gasteiger partial charge in [-0.25, -0.2) is 18.7 Å². The van der Waals surface area contributed by atoms with E-state index < -0.39 is 17.5 Å². The number of nitrogens with one attached hydrogen (secondary N) is 1. The number of ether oxygens (including phenoxy) is 1. The summed E-state index contributed by atoms with van der Waals surface area (Å²) in [5.41, 5.74) is 1.73. The molecule has 2 aliphatic rings. The molecule has 6 nitrogen and oxygen atoms in total. The first-order chi connectivity index (χ1) is 13.1. The van der Waals surface area contributed by atoms with E-state index in [4.69, 9.17) is 4.74 Å². The van der Waals surface area contributed by atoms with Gasteiger partial charge in [-0.05, 0) is 31.0 Å². The molecule has 4 rings (SSSR count). The molecule has 0 spiro atoms. The van der Waals surface area contributed by atoms with Crippen LogP contribution in [0.25, 0.3) is 0 Å². The molecule has 0 bridgehead atoms. The molecule has 1 N–H and O–H groups in total. The van der Waals surface area contributed by atoms with Crippen LogP contribution in [0.1, 0.15) is 34.5 Å². The summed E-state index contributed by atoms with van der Waals surface area (Å²) in [5.74, 6) is -1.35. The van der Waals surface area contributed by atoms with Crippen molar-refractivity contribution in [3.63, 3.8) is 0 Å². The summed E-state index contributed by atoms with van der Waals surface area (Å²) >= 11 is 0. The van der Waals surface area contributed by atoms with Gasteiger partial charge in [-0.3, -0.25) is 4.79 Å². The van der Waals surface area contributed by atoms with Gasteiger partial charge in [0.1, 0.15) is 11.6 Å². The van der Waals surface area contributed by atoms with Crippen LogP contribution in [0.5, 0.6) is 0 Å². The van der Waals surface area contributed by atoms with Crippen LogP contribution in [0, 0.1) is 11.6 Å². The van der Waals surface area contributed by atoms with Gasteiger partial charge in [0.15, 0.2) is 0 Å². The largest absolute Gasteiger partial charge is 0.376 e. The van der Waals surface area contributed by atoms with Crippen LogP contribution in [-0.4, -0.2) is 41.6 Å². The van der Waals surface area contributed by atoms with Crippen LogP contribution in [0.15, 0.2) is 24.4 Å². The number of hydrogen-bond acceptors (Lipinski definition) is 5. The van der Waals surface area contributed by atoms with Gasteiger partial charge < -0.3 is 15.0 Å². The third-order valence-electron chi connectivity index (χ3n) is 4.89. The molecule has 2 aliphatic heterocycles. The standard InChI is InChI=1S/C19H20F2N4O2/c20-13-3-4-16(21)15(8-13)18(26)23-14-2-1-6-25(10-14)19-22-9-12-11-27-7-5-17(12)24-19/h3-4,8-9,14H,1-2,5-7,10-11H2,(H,23,26)/t14-/m0/s1. The van der Waals surface area contributed by atoms with Gasteiger partial charge in [-0.2, -0.15) is 0 Å². The fourth-order valence-corrected chi connectivity index (χ4v) is 3.48. The number of hydrogen-bond donors (Lipinski definition) is 1. The number of piperidine rings is 1. The zero-order valence-corrected chi connectivity index (χ0v) is 14.8. The number of carbonyl (C=O) groups excluding carboxylic acids is 1. The number of halogens is 2. The highest BCUT2D eigenvalue weighted by Crippen LogP contribution is 2.21. The Hall–Kier alpha value is -2.61. The first kappa shape index (κ1) is 17.8.